The predicted octanol–water partition coefficient (Wildman–Crippen LogP) is 20.1. The molecule has 0 saturated heterocycles. The van der Waals surface area contributed by atoms with Gasteiger partial charge in [-0.05, 0) is 31.8 Å². The van der Waals surface area contributed by atoms with Crippen molar-refractivity contribution >= 4 is 19.7 Å². The molecule has 3 unspecified atom stereocenters. The standard InChI is InChI=1S/C66H131N2O7P/c1-7-10-13-16-19-22-25-28-30-32-33-34-35-37-38-40-43-46-49-52-55-58-65(69)67-63(62-74-76(71,72)73-61-60-68(4,5)6)64(57-54-51-48-45-42-27-24-21-18-15-12-9-3)75-66(70)59-56-53-50-47-44-41-39-36-31-29-26-23-20-17-14-11-8-2/h54,57,63-64H,7-53,55-56,58-62H2,1-6H3,(H-,67,69,71,72)/b57-54+. The highest BCUT2D eigenvalue weighted by atomic mass is 31.2. The first kappa shape index (κ1) is 74.8. The number of nitrogens with zero attached hydrogens (tertiary/aromatic N) is 1. The van der Waals surface area contributed by atoms with E-state index in [2.05, 4.69) is 26.1 Å². The topological polar surface area (TPSA) is 114 Å². The van der Waals surface area contributed by atoms with Gasteiger partial charge in [0.15, 0.2) is 0 Å². The van der Waals surface area contributed by atoms with E-state index in [1.807, 2.05) is 33.3 Å². The van der Waals surface area contributed by atoms with Gasteiger partial charge in [-0.15, -0.1) is 0 Å². The number of hydrogen-bond acceptors (Lipinski definition) is 7. The first-order valence-electron chi connectivity index (χ1n) is 33.5. The van der Waals surface area contributed by atoms with E-state index in [1.54, 1.807) is 0 Å². The summed E-state index contributed by atoms with van der Waals surface area (Å²) in [5.41, 5.74) is 0. The van der Waals surface area contributed by atoms with Crippen molar-refractivity contribution in [1.82, 2.24) is 5.32 Å². The molecule has 0 radical (unpaired) electrons. The van der Waals surface area contributed by atoms with Gasteiger partial charge in [0.25, 0.3) is 7.82 Å². The van der Waals surface area contributed by atoms with Crippen LogP contribution in [0.2, 0.25) is 0 Å². The molecule has 0 heterocycles. The number of phosphoric ester groups is 1. The minimum Gasteiger partial charge on any atom is -0.756 e. The van der Waals surface area contributed by atoms with E-state index in [1.165, 1.54) is 257 Å². The highest BCUT2D eigenvalue weighted by molar-refractivity contribution is 7.45. The molecule has 0 aliphatic heterocycles. The summed E-state index contributed by atoms with van der Waals surface area (Å²) < 4.78 is 30.4. The number of esters is 1. The number of quaternary nitrogens is 1. The van der Waals surface area contributed by atoms with Gasteiger partial charge >= 0.3 is 5.97 Å². The van der Waals surface area contributed by atoms with Crippen LogP contribution in [-0.4, -0.2) is 69.4 Å². The summed E-state index contributed by atoms with van der Waals surface area (Å²) in [4.78, 5) is 40.1. The molecular weight excluding hydrogens is 964 g/mol. The number of nitrogens with one attached hydrogen (secondary N) is 1. The molecule has 0 aromatic heterocycles. The zero-order valence-electron chi connectivity index (χ0n) is 51.7. The number of carbonyl (C=O) groups excluding carboxylic acids is 2. The first-order chi connectivity index (χ1) is 36.9. The summed E-state index contributed by atoms with van der Waals surface area (Å²) in [6, 6.07) is -0.880. The summed E-state index contributed by atoms with van der Waals surface area (Å²) in [6.07, 6.45) is 66.1. The average Bonchev–Trinajstić information content (AvgIpc) is 3.38. The summed E-state index contributed by atoms with van der Waals surface area (Å²) >= 11 is 0. The Balaban J connectivity index is 5.11. The van der Waals surface area contributed by atoms with Crippen LogP contribution in [0.3, 0.4) is 0 Å². The van der Waals surface area contributed by atoms with Crippen molar-refractivity contribution in [3.8, 4) is 0 Å². The molecule has 0 saturated carbocycles. The molecule has 0 rings (SSSR count). The number of rotatable bonds is 62. The fraction of sp³-hybridized carbons (Fsp3) is 0.939. The highest BCUT2D eigenvalue weighted by Crippen LogP contribution is 2.38. The molecule has 0 aliphatic rings. The van der Waals surface area contributed by atoms with E-state index >= 15 is 0 Å². The molecule has 0 aliphatic carbocycles. The van der Waals surface area contributed by atoms with Gasteiger partial charge in [0.05, 0.1) is 33.8 Å². The van der Waals surface area contributed by atoms with Gasteiger partial charge in [0, 0.05) is 12.8 Å². The average molecular weight is 1100 g/mol. The fourth-order valence-corrected chi connectivity index (χ4v) is 11.0. The summed E-state index contributed by atoms with van der Waals surface area (Å²) in [5.74, 6) is -0.516. The molecule has 1 amide bonds. The molecule has 9 nitrogen and oxygen atoms in total. The van der Waals surface area contributed by atoms with E-state index in [0.717, 1.165) is 57.8 Å². The van der Waals surface area contributed by atoms with Crippen LogP contribution in [0.25, 0.3) is 0 Å². The Morgan fingerprint density at radius 3 is 1.08 bits per heavy atom. The third kappa shape index (κ3) is 57.4. The van der Waals surface area contributed by atoms with E-state index < -0.39 is 20.0 Å². The summed E-state index contributed by atoms with van der Waals surface area (Å²) in [7, 11) is 1.21. The van der Waals surface area contributed by atoms with Crippen molar-refractivity contribution in [3.63, 3.8) is 0 Å². The number of likely N-dealkylation sites (N-methyl/N-ethyl adjacent to an activating group) is 1. The Hall–Kier alpha value is -1.25. The number of hydrogen-bond donors (Lipinski definition) is 1. The largest absolute Gasteiger partial charge is 0.756 e. The Morgan fingerprint density at radius 2 is 0.750 bits per heavy atom. The lowest BCUT2D eigenvalue weighted by Gasteiger charge is -2.30. The lowest BCUT2D eigenvalue weighted by atomic mass is 10.0. The zero-order chi connectivity index (χ0) is 55.7. The first-order valence-corrected chi connectivity index (χ1v) is 35.0. The number of carbonyl (C=O) groups is 2. The van der Waals surface area contributed by atoms with Crippen molar-refractivity contribution in [1.29, 1.82) is 0 Å². The molecule has 1 N–H and O–H groups in total. The predicted molar refractivity (Wildman–Crippen MR) is 326 cm³/mol. The van der Waals surface area contributed by atoms with Crippen LogP contribution in [0.4, 0.5) is 0 Å². The van der Waals surface area contributed by atoms with E-state index in [4.69, 9.17) is 13.8 Å². The van der Waals surface area contributed by atoms with Gasteiger partial charge in [0.1, 0.15) is 19.3 Å². The minimum absolute atomic E-state index is 0.0166. The fourth-order valence-electron chi connectivity index (χ4n) is 10.3. The van der Waals surface area contributed by atoms with Crippen LogP contribution >= 0.6 is 7.82 Å². The van der Waals surface area contributed by atoms with E-state index in [9.17, 15) is 19.0 Å². The van der Waals surface area contributed by atoms with E-state index in [-0.39, 0.29) is 31.5 Å². The highest BCUT2D eigenvalue weighted by Gasteiger charge is 2.27. The Bertz CT molecular complexity index is 1310. The maximum absolute atomic E-state index is 13.6. The molecule has 10 heteroatoms. The lowest BCUT2D eigenvalue weighted by molar-refractivity contribution is -0.870. The Kier molecular flexibility index (Phi) is 56.1. The third-order valence-corrected chi connectivity index (χ3v) is 16.4. The quantitative estimate of drug-likeness (QED) is 0.0212. The zero-order valence-corrected chi connectivity index (χ0v) is 52.6. The number of allylic oxidation sites excluding steroid dienone is 1. The molecule has 0 aromatic rings. The van der Waals surface area contributed by atoms with Crippen molar-refractivity contribution in [3.05, 3.63) is 12.2 Å². The van der Waals surface area contributed by atoms with Gasteiger partial charge in [-0.1, -0.05) is 316 Å². The molecule has 0 spiro atoms. The molecule has 452 valence electrons. The van der Waals surface area contributed by atoms with Gasteiger partial charge in [-0.25, -0.2) is 0 Å². The van der Waals surface area contributed by atoms with Crippen molar-refractivity contribution in [2.45, 2.75) is 360 Å². The molecular formula is C66H131N2O7P. The SMILES string of the molecule is CCCCCCCCCCCC/C=C/C(OC(=O)CCCCCCCCCCCCCCCCCCC)C(COP(=O)([O-])OCC[N+](C)(C)C)NC(=O)CCCCCCCCCCCCCCCCCCCCCCC. The van der Waals surface area contributed by atoms with E-state index in [0.29, 0.717) is 17.4 Å². The Morgan fingerprint density at radius 1 is 0.447 bits per heavy atom. The molecule has 0 bridgehead atoms. The second-order valence-corrected chi connectivity index (χ2v) is 25.8. The second kappa shape index (κ2) is 57.0. The monoisotopic (exact) mass is 1090 g/mol. The van der Waals surface area contributed by atoms with Crippen molar-refractivity contribution in [2.75, 3.05) is 40.9 Å². The number of ether oxygens (including phenoxy) is 1. The van der Waals surface area contributed by atoms with Crippen LogP contribution < -0.4 is 10.2 Å². The lowest BCUT2D eigenvalue weighted by Crippen LogP contribution is -2.47. The van der Waals surface area contributed by atoms with Crippen LogP contribution in [0.1, 0.15) is 348 Å². The second-order valence-electron chi connectivity index (χ2n) is 24.3. The number of phosphoric acid groups is 1. The molecule has 0 fully saturated rings. The van der Waals surface area contributed by atoms with Gasteiger partial charge in [-0.2, -0.15) is 0 Å². The smallest absolute Gasteiger partial charge is 0.306 e. The van der Waals surface area contributed by atoms with Crippen molar-refractivity contribution in [2.24, 2.45) is 0 Å². The maximum Gasteiger partial charge on any atom is 0.306 e. The number of amides is 1. The summed E-state index contributed by atoms with van der Waals surface area (Å²) in [5, 5.41) is 3.05. The molecule has 76 heavy (non-hydrogen) atoms. The molecule has 3 atom stereocenters. The number of unbranched alkanes of at least 4 members (excludes halogenated alkanes) is 46. The Labute approximate surface area is 473 Å². The minimum atomic E-state index is -4.69. The molecule has 0 aromatic carbocycles. The van der Waals surface area contributed by atoms with Crippen molar-refractivity contribution < 1.29 is 37.3 Å². The third-order valence-electron chi connectivity index (χ3n) is 15.5. The maximum atomic E-state index is 13.6. The van der Waals surface area contributed by atoms with Gasteiger partial charge in [-0.3, -0.25) is 14.2 Å². The normalized spacial score (nSPS) is 13.6. The van der Waals surface area contributed by atoms with Crippen LogP contribution in [0, 0.1) is 0 Å². The van der Waals surface area contributed by atoms with Gasteiger partial charge in [0.2, 0.25) is 5.91 Å². The summed E-state index contributed by atoms with van der Waals surface area (Å²) in [6.45, 7) is 6.91. The van der Waals surface area contributed by atoms with Gasteiger partial charge < -0.3 is 28.5 Å². The van der Waals surface area contributed by atoms with Crippen LogP contribution in [-0.2, 0) is 27.9 Å². The van der Waals surface area contributed by atoms with Crippen LogP contribution in [0.15, 0.2) is 12.2 Å². The van der Waals surface area contributed by atoms with Crippen LogP contribution in [0.5, 0.6) is 0 Å².